The summed E-state index contributed by atoms with van der Waals surface area (Å²) in [5.41, 5.74) is 8.43. The highest BCUT2D eigenvalue weighted by molar-refractivity contribution is 9.10. The third-order valence-electron chi connectivity index (χ3n) is 8.24. The molecule has 2 saturated heterocycles. The summed E-state index contributed by atoms with van der Waals surface area (Å²) in [4.78, 5) is 47.4. The second-order valence-electron chi connectivity index (χ2n) is 14.8. The summed E-state index contributed by atoms with van der Waals surface area (Å²) in [6.45, 7) is 13.3. The van der Waals surface area contributed by atoms with Crippen LogP contribution in [0.3, 0.4) is 0 Å². The topological polar surface area (TPSA) is 178 Å². The number of nitrogens with one attached hydrogen (secondary N) is 2. The Hall–Kier alpha value is -4.51. The Balaban J connectivity index is 0.000000229. The number of anilines is 3. The second-order valence-corrected chi connectivity index (χ2v) is 16.6. The van der Waals surface area contributed by atoms with Crippen LogP contribution in [-0.4, -0.2) is 93.5 Å². The summed E-state index contributed by atoms with van der Waals surface area (Å²) < 4.78 is 28.1. The van der Waals surface area contributed by atoms with E-state index in [1.165, 1.54) is 6.20 Å². The number of benzene rings is 2. The highest BCUT2D eigenvalue weighted by atomic mass is 79.9. The number of nitrogens with zero attached hydrogens (tertiary/aromatic N) is 5. The van der Waals surface area contributed by atoms with Gasteiger partial charge in [0.05, 0.1) is 42.1 Å². The molecule has 292 valence electrons. The number of carbonyl (C=O) groups excluding carboxylic acids is 2. The van der Waals surface area contributed by atoms with Crippen LogP contribution in [0.2, 0.25) is 0 Å². The zero-order valence-electron chi connectivity index (χ0n) is 32.1. The van der Waals surface area contributed by atoms with Crippen molar-refractivity contribution >= 4 is 88.6 Å². The quantitative estimate of drug-likeness (QED) is 0.129. The monoisotopic (exact) mass is 877 g/mol. The maximum atomic E-state index is 12.2. The van der Waals surface area contributed by atoms with Crippen molar-refractivity contribution in [2.75, 3.05) is 49.7 Å². The SMILES string of the molecule is CC(C)(C)OC(=O)N1CC[C@H](Nc2c(N)cnc3ccc(Br)cc23)C1.CC(C)(C)OC(=O)N1CC[C@H](Nc2c([N+](=O)[O-])cnc3ccc(Br)cc23)C1.[2H]CF. The Morgan fingerprint density at radius 3 is 1.74 bits per heavy atom. The molecule has 2 amide bonds. The number of rotatable bonds is 5. The predicted octanol–water partition coefficient (Wildman–Crippen LogP) is 8.91. The summed E-state index contributed by atoms with van der Waals surface area (Å²) in [6.07, 6.45) is 3.80. The third-order valence-corrected chi connectivity index (χ3v) is 9.23. The van der Waals surface area contributed by atoms with Crippen LogP contribution < -0.4 is 16.4 Å². The first-order valence-electron chi connectivity index (χ1n) is 17.9. The molecule has 2 atom stereocenters. The van der Waals surface area contributed by atoms with Gasteiger partial charge >= 0.3 is 17.9 Å². The number of nitro groups is 1. The molecule has 2 aliphatic heterocycles. The lowest BCUT2D eigenvalue weighted by Crippen LogP contribution is -2.36. The Bertz CT molecular complexity index is 2010. The van der Waals surface area contributed by atoms with Crippen LogP contribution in [0, 0.1) is 10.1 Å². The van der Waals surface area contributed by atoms with Crippen LogP contribution in [-0.2, 0) is 9.47 Å². The number of likely N-dealkylation sites (tertiary alicyclic amines) is 2. The number of hydrogen-bond acceptors (Lipinski definition) is 11. The molecular formula is C37H47Br2FN8O6. The number of hydrogen-bond donors (Lipinski definition) is 3. The van der Waals surface area contributed by atoms with Crippen LogP contribution in [0.25, 0.3) is 21.8 Å². The van der Waals surface area contributed by atoms with Gasteiger partial charge < -0.3 is 35.6 Å². The lowest BCUT2D eigenvalue weighted by molar-refractivity contribution is -0.384. The Morgan fingerprint density at radius 2 is 1.30 bits per heavy atom. The van der Waals surface area contributed by atoms with E-state index in [9.17, 15) is 24.1 Å². The van der Waals surface area contributed by atoms with Gasteiger partial charge in [-0.15, -0.1) is 0 Å². The molecule has 4 aromatic rings. The normalized spacial score (nSPS) is 17.2. The van der Waals surface area contributed by atoms with Crippen molar-refractivity contribution in [3.05, 3.63) is 67.9 Å². The standard InChI is InChI=1S/C18H21BrN4O4.C18H23BrN4O2.CH3F/c1-18(2,3)27-17(24)22-7-6-12(10-22)21-16-13-8-11(19)4-5-14(13)20-9-15(16)23(25)26;1-18(2,3)25-17(24)23-7-6-12(10-23)22-16-13-8-11(19)4-5-15(13)21-9-14(16)20;1-2/h4-5,8-9,12H,6-7,10H2,1-3H3,(H,20,21);4-5,8-9,12H,6-7,10,20H2,1-3H3,(H,21,22);1H3/t2*12-;/m00./s1/i;;1D. The molecule has 17 heteroatoms. The van der Waals surface area contributed by atoms with E-state index < -0.39 is 23.3 Å². The van der Waals surface area contributed by atoms with E-state index in [0.29, 0.717) is 54.9 Å². The average Bonchev–Trinajstić information content (AvgIpc) is 3.76. The van der Waals surface area contributed by atoms with Crippen LogP contribution >= 0.6 is 31.9 Å². The molecule has 0 unspecified atom stereocenters. The first-order chi connectivity index (χ1) is 25.8. The van der Waals surface area contributed by atoms with Gasteiger partial charge in [-0.2, -0.15) is 0 Å². The Morgan fingerprint density at radius 1 is 0.870 bits per heavy atom. The number of nitrogen functional groups attached to an aromatic ring is 1. The van der Waals surface area contributed by atoms with Crippen molar-refractivity contribution in [1.29, 1.82) is 0 Å². The highest BCUT2D eigenvalue weighted by Gasteiger charge is 2.32. The molecule has 2 fully saturated rings. The number of aromatic nitrogens is 2. The number of nitrogens with two attached hydrogens (primary N) is 1. The molecule has 0 saturated carbocycles. The zero-order chi connectivity index (χ0) is 40.7. The number of amides is 2. The summed E-state index contributed by atoms with van der Waals surface area (Å²) in [6, 6.07) is 11.4. The summed E-state index contributed by atoms with van der Waals surface area (Å²) in [7, 11) is -1.00. The fourth-order valence-electron chi connectivity index (χ4n) is 5.93. The first kappa shape index (κ1) is 40.7. The van der Waals surface area contributed by atoms with Gasteiger partial charge in [0.15, 0.2) is 0 Å². The summed E-state index contributed by atoms with van der Waals surface area (Å²) in [5, 5.41) is 19.9. The first-order valence-corrected chi connectivity index (χ1v) is 18.8. The van der Waals surface area contributed by atoms with E-state index in [2.05, 4.69) is 52.5 Å². The Labute approximate surface area is 332 Å². The zero-order valence-corrected chi connectivity index (χ0v) is 34.3. The molecule has 6 rings (SSSR count). The molecule has 0 spiro atoms. The van der Waals surface area contributed by atoms with E-state index in [4.69, 9.17) is 16.6 Å². The molecule has 2 aromatic carbocycles. The van der Waals surface area contributed by atoms with Crippen molar-refractivity contribution in [2.45, 2.75) is 77.7 Å². The number of pyridine rings is 2. The fraction of sp³-hybridized carbons (Fsp3) is 0.459. The van der Waals surface area contributed by atoms with Crippen LogP contribution in [0.4, 0.5) is 36.7 Å². The maximum absolute atomic E-state index is 12.2. The lowest BCUT2D eigenvalue weighted by atomic mass is 10.1. The minimum Gasteiger partial charge on any atom is -0.444 e. The van der Waals surface area contributed by atoms with Crippen molar-refractivity contribution in [1.82, 2.24) is 19.8 Å². The van der Waals surface area contributed by atoms with Crippen LogP contribution in [0.5, 0.6) is 0 Å². The minimum absolute atomic E-state index is 0.0867. The van der Waals surface area contributed by atoms with Gasteiger partial charge in [-0.25, -0.2) is 14.6 Å². The largest absolute Gasteiger partial charge is 0.444 e. The molecule has 14 nitrogen and oxygen atoms in total. The van der Waals surface area contributed by atoms with Crippen molar-refractivity contribution < 1.29 is 29.7 Å². The average molecular weight is 880 g/mol. The van der Waals surface area contributed by atoms with Gasteiger partial charge in [0.2, 0.25) is 0 Å². The van der Waals surface area contributed by atoms with Gasteiger partial charge in [-0.1, -0.05) is 31.9 Å². The molecule has 54 heavy (non-hydrogen) atoms. The van der Waals surface area contributed by atoms with Crippen molar-refractivity contribution in [2.24, 2.45) is 0 Å². The molecular weight excluding hydrogens is 831 g/mol. The number of halogens is 3. The minimum atomic E-state index is -1.00. The molecule has 2 aliphatic rings. The highest BCUT2D eigenvalue weighted by Crippen LogP contribution is 2.35. The third kappa shape index (κ3) is 11.3. The molecule has 0 aliphatic carbocycles. The maximum Gasteiger partial charge on any atom is 0.410 e. The van der Waals surface area contributed by atoms with E-state index in [-0.39, 0.29) is 30.0 Å². The van der Waals surface area contributed by atoms with Crippen LogP contribution in [0.15, 0.2) is 57.7 Å². The smallest absolute Gasteiger partial charge is 0.410 e. The van der Waals surface area contributed by atoms with Gasteiger partial charge in [-0.05, 0) is 90.8 Å². The number of ether oxygens (including phenoxy) is 2. The Kier molecular flexibility index (Phi) is 13.4. The molecule has 4 heterocycles. The van der Waals surface area contributed by atoms with Gasteiger partial charge in [0.25, 0.3) is 0 Å². The number of alkyl halides is 1. The van der Waals surface area contributed by atoms with Crippen molar-refractivity contribution in [3.8, 4) is 0 Å². The van der Waals surface area contributed by atoms with Gasteiger partial charge in [0, 0.05) is 58.0 Å². The lowest BCUT2D eigenvalue weighted by Gasteiger charge is -2.24. The predicted molar refractivity (Wildman–Crippen MR) is 217 cm³/mol. The fourth-order valence-corrected chi connectivity index (χ4v) is 6.66. The molecule has 0 radical (unpaired) electrons. The van der Waals surface area contributed by atoms with Gasteiger partial charge in [0.1, 0.15) is 23.1 Å². The van der Waals surface area contributed by atoms with E-state index >= 15 is 0 Å². The number of fused-ring (bicyclic) bond motifs is 2. The second kappa shape index (κ2) is 17.8. The van der Waals surface area contributed by atoms with Crippen molar-refractivity contribution in [3.63, 3.8) is 0 Å². The summed E-state index contributed by atoms with van der Waals surface area (Å²) in [5.74, 6) is 0. The molecule has 4 N–H and O–H groups in total. The van der Waals surface area contributed by atoms with E-state index in [1.54, 1.807) is 28.1 Å². The molecule has 2 aromatic heterocycles. The van der Waals surface area contributed by atoms with E-state index in [1.807, 2.05) is 65.8 Å². The number of carbonyl (C=O) groups is 2. The van der Waals surface area contributed by atoms with E-state index in [0.717, 1.165) is 32.0 Å². The van der Waals surface area contributed by atoms with Gasteiger partial charge in [-0.3, -0.25) is 19.5 Å². The van der Waals surface area contributed by atoms with Crippen LogP contribution in [0.1, 0.15) is 55.8 Å². The summed E-state index contributed by atoms with van der Waals surface area (Å²) >= 11 is 6.90. The molecule has 0 bridgehead atoms.